The maximum absolute atomic E-state index is 4.34. The van der Waals surface area contributed by atoms with E-state index in [1.165, 1.54) is 5.56 Å². The molecule has 0 bridgehead atoms. The summed E-state index contributed by atoms with van der Waals surface area (Å²) >= 11 is 0. The fourth-order valence-corrected chi connectivity index (χ4v) is 1.22. The van der Waals surface area contributed by atoms with Gasteiger partial charge in [0.05, 0.1) is 6.20 Å². The summed E-state index contributed by atoms with van der Waals surface area (Å²) in [5, 5.41) is 7.72. The minimum absolute atomic E-state index is 0.503. The average molecular weight is 195 g/mol. The zero-order valence-electron chi connectivity index (χ0n) is 9.62. The van der Waals surface area contributed by atoms with Crippen LogP contribution in [-0.2, 0) is 6.54 Å². The summed E-state index contributed by atoms with van der Waals surface area (Å²) < 4.78 is 2.04. The van der Waals surface area contributed by atoms with Crippen molar-refractivity contribution in [3.63, 3.8) is 0 Å². The Labute approximate surface area is 86.5 Å². The molecule has 1 rings (SSSR count). The number of rotatable bonds is 5. The molecule has 3 nitrogen and oxygen atoms in total. The first-order valence-electron chi connectivity index (χ1n) is 5.40. The van der Waals surface area contributed by atoms with E-state index < -0.39 is 0 Å². The second kappa shape index (κ2) is 5.15. The summed E-state index contributed by atoms with van der Waals surface area (Å²) in [5.74, 6) is 0. The Morgan fingerprint density at radius 3 is 2.71 bits per heavy atom. The lowest BCUT2D eigenvalue weighted by Gasteiger charge is -2.08. The summed E-state index contributed by atoms with van der Waals surface area (Å²) in [4.78, 5) is 0. The maximum Gasteiger partial charge on any atom is 0.0534 e. The highest BCUT2D eigenvalue weighted by Crippen LogP contribution is 2.09. The predicted molar refractivity (Wildman–Crippen MR) is 59.2 cm³/mol. The number of nitrogens with one attached hydrogen (secondary N) is 1. The highest BCUT2D eigenvalue weighted by Gasteiger charge is 2.04. The molecule has 1 atom stereocenters. The minimum atomic E-state index is 0.503. The van der Waals surface area contributed by atoms with E-state index in [1.807, 2.05) is 10.9 Å². The zero-order chi connectivity index (χ0) is 10.6. The molecule has 0 saturated heterocycles. The largest absolute Gasteiger partial charge is 0.310 e. The van der Waals surface area contributed by atoms with Crippen LogP contribution in [0.3, 0.4) is 0 Å². The molecule has 1 aromatic heterocycles. The van der Waals surface area contributed by atoms with Crippen molar-refractivity contribution >= 4 is 0 Å². The van der Waals surface area contributed by atoms with E-state index in [-0.39, 0.29) is 0 Å². The Morgan fingerprint density at radius 2 is 2.14 bits per heavy atom. The van der Waals surface area contributed by atoms with Gasteiger partial charge < -0.3 is 5.32 Å². The van der Waals surface area contributed by atoms with E-state index in [9.17, 15) is 0 Å². The molecule has 0 aromatic carbocycles. The lowest BCUT2D eigenvalue weighted by molar-refractivity contribution is 0.477. The average Bonchev–Trinajstić information content (AvgIpc) is 2.62. The van der Waals surface area contributed by atoms with Crippen molar-refractivity contribution in [2.24, 2.45) is 0 Å². The van der Waals surface area contributed by atoms with Crippen LogP contribution >= 0.6 is 0 Å². The van der Waals surface area contributed by atoms with Crippen molar-refractivity contribution in [1.82, 2.24) is 15.1 Å². The molecule has 1 aromatic rings. The smallest absolute Gasteiger partial charge is 0.0534 e. The van der Waals surface area contributed by atoms with Crippen LogP contribution in [0.1, 0.15) is 45.7 Å². The van der Waals surface area contributed by atoms with Gasteiger partial charge in [-0.05, 0) is 13.3 Å². The Bertz CT molecular complexity index is 265. The number of aromatic nitrogens is 2. The van der Waals surface area contributed by atoms with Gasteiger partial charge in [0.2, 0.25) is 0 Å². The molecule has 1 heterocycles. The Balaban J connectivity index is 2.50. The molecule has 0 amide bonds. The van der Waals surface area contributed by atoms with E-state index in [4.69, 9.17) is 0 Å². The third-order valence-corrected chi connectivity index (χ3v) is 2.41. The van der Waals surface area contributed by atoms with Crippen molar-refractivity contribution in [3.05, 3.63) is 18.0 Å². The SMILES string of the molecule is CCC(C)n1cc(CNC(C)C)cn1. The monoisotopic (exact) mass is 195 g/mol. The van der Waals surface area contributed by atoms with Crippen molar-refractivity contribution in [3.8, 4) is 0 Å². The van der Waals surface area contributed by atoms with Gasteiger partial charge in [-0.15, -0.1) is 0 Å². The Kier molecular flexibility index (Phi) is 4.14. The van der Waals surface area contributed by atoms with E-state index in [1.54, 1.807) is 0 Å². The van der Waals surface area contributed by atoms with Gasteiger partial charge in [0.25, 0.3) is 0 Å². The topological polar surface area (TPSA) is 29.9 Å². The van der Waals surface area contributed by atoms with Gasteiger partial charge in [-0.3, -0.25) is 4.68 Å². The number of nitrogens with zero attached hydrogens (tertiary/aromatic N) is 2. The number of hydrogen-bond donors (Lipinski definition) is 1. The second-order valence-corrected chi connectivity index (χ2v) is 4.12. The minimum Gasteiger partial charge on any atom is -0.310 e. The lowest BCUT2D eigenvalue weighted by Crippen LogP contribution is -2.21. The molecule has 1 N–H and O–H groups in total. The highest BCUT2D eigenvalue weighted by molar-refractivity contribution is 5.04. The van der Waals surface area contributed by atoms with Gasteiger partial charge in [0.15, 0.2) is 0 Å². The van der Waals surface area contributed by atoms with Crippen molar-refractivity contribution < 1.29 is 0 Å². The van der Waals surface area contributed by atoms with E-state index >= 15 is 0 Å². The lowest BCUT2D eigenvalue weighted by atomic mass is 10.2. The third kappa shape index (κ3) is 3.14. The van der Waals surface area contributed by atoms with Gasteiger partial charge >= 0.3 is 0 Å². The summed E-state index contributed by atoms with van der Waals surface area (Å²) in [6, 6.07) is 1.03. The molecule has 0 saturated carbocycles. The van der Waals surface area contributed by atoms with Gasteiger partial charge in [0.1, 0.15) is 0 Å². The molecule has 0 aliphatic heterocycles. The molecule has 0 spiro atoms. The Hall–Kier alpha value is -0.830. The zero-order valence-corrected chi connectivity index (χ0v) is 9.62. The second-order valence-electron chi connectivity index (χ2n) is 4.12. The normalized spacial score (nSPS) is 13.5. The van der Waals surface area contributed by atoms with Crippen LogP contribution in [0.25, 0.3) is 0 Å². The number of hydrogen-bond acceptors (Lipinski definition) is 2. The van der Waals surface area contributed by atoms with Crippen LogP contribution in [-0.4, -0.2) is 15.8 Å². The first kappa shape index (κ1) is 11.2. The molecule has 1 unspecified atom stereocenters. The van der Waals surface area contributed by atoms with Gasteiger partial charge in [-0.25, -0.2) is 0 Å². The first-order chi connectivity index (χ1) is 6.63. The van der Waals surface area contributed by atoms with E-state index in [0.717, 1.165) is 13.0 Å². The molecular formula is C11H21N3. The summed E-state index contributed by atoms with van der Waals surface area (Å²) in [6.07, 6.45) is 5.20. The van der Waals surface area contributed by atoms with Gasteiger partial charge in [-0.2, -0.15) is 5.10 Å². The summed E-state index contributed by atoms with van der Waals surface area (Å²) in [6.45, 7) is 9.58. The van der Waals surface area contributed by atoms with Crippen LogP contribution < -0.4 is 5.32 Å². The van der Waals surface area contributed by atoms with Crippen LogP contribution in [0.4, 0.5) is 0 Å². The molecule has 3 heteroatoms. The molecule has 0 aliphatic carbocycles. The Morgan fingerprint density at radius 1 is 1.43 bits per heavy atom. The molecular weight excluding hydrogens is 174 g/mol. The fraction of sp³-hybridized carbons (Fsp3) is 0.727. The molecule has 0 radical (unpaired) electrons. The maximum atomic E-state index is 4.34. The van der Waals surface area contributed by atoms with Gasteiger partial charge in [0, 0.05) is 30.4 Å². The molecule has 14 heavy (non-hydrogen) atoms. The molecule has 0 fully saturated rings. The summed E-state index contributed by atoms with van der Waals surface area (Å²) in [7, 11) is 0. The first-order valence-corrected chi connectivity index (χ1v) is 5.40. The van der Waals surface area contributed by atoms with Crippen molar-refractivity contribution in [2.45, 2.75) is 52.7 Å². The van der Waals surface area contributed by atoms with Crippen LogP contribution in [0.5, 0.6) is 0 Å². The van der Waals surface area contributed by atoms with Gasteiger partial charge in [-0.1, -0.05) is 20.8 Å². The van der Waals surface area contributed by atoms with Crippen LogP contribution in [0.15, 0.2) is 12.4 Å². The molecule has 0 aliphatic rings. The summed E-state index contributed by atoms with van der Waals surface area (Å²) in [5.41, 5.74) is 1.26. The van der Waals surface area contributed by atoms with Crippen molar-refractivity contribution in [2.75, 3.05) is 0 Å². The third-order valence-electron chi connectivity index (χ3n) is 2.41. The van der Waals surface area contributed by atoms with E-state index in [0.29, 0.717) is 12.1 Å². The standard InChI is InChI=1S/C11H21N3/c1-5-10(4)14-8-11(7-13-14)6-12-9(2)3/h7-10,12H,5-6H2,1-4H3. The van der Waals surface area contributed by atoms with Crippen molar-refractivity contribution in [1.29, 1.82) is 0 Å². The predicted octanol–water partition coefficient (Wildman–Crippen LogP) is 2.35. The van der Waals surface area contributed by atoms with Crippen LogP contribution in [0, 0.1) is 0 Å². The van der Waals surface area contributed by atoms with E-state index in [2.05, 4.69) is 44.3 Å². The fourth-order valence-electron chi connectivity index (χ4n) is 1.22. The van der Waals surface area contributed by atoms with Crippen LogP contribution in [0.2, 0.25) is 0 Å². The highest BCUT2D eigenvalue weighted by atomic mass is 15.3. The quantitative estimate of drug-likeness (QED) is 0.781. The molecule has 80 valence electrons.